The summed E-state index contributed by atoms with van der Waals surface area (Å²) in [5, 5.41) is 15.3. The molecule has 0 saturated heterocycles. The molecule has 0 atom stereocenters. The lowest BCUT2D eigenvalue weighted by atomic mass is 10.0. The van der Waals surface area contributed by atoms with Crippen LogP contribution in [0.3, 0.4) is 0 Å². The van der Waals surface area contributed by atoms with Crippen LogP contribution in [-0.4, -0.2) is 27.4 Å². The Kier molecular flexibility index (Phi) is 16.5. The lowest BCUT2D eigenvalue weighted by Crippen LogP contribution is -1.94. The first-order valence-corrected chi connectivity index (χ1v) is 40.4. The summed E-state index contributed by atoms with van der Waals surface area (Å²) in [5.74, 6) is 0. The molecule has 0 amide bonds. The van der Waals surface area contributed by atoms with E-state index in [1.54, 1.807) is 0 Å². The summed E-state index contributed by atoms with van der Waals surface area (Å²) in [6.07, 6.45) is 0. The Balaban J connectivity index is 0.000000106. The monoisotopic (exact) mass is 1490 g/mol. The molecule has 0 aliphatic rings. The molecule has 0 aliphatic heterocycles. The first-order valence-electron chi connectivity index (χ1n) is 40.4. The average molecular weight is 1500 g/mol. The molecule has 0 N–H and O–H groups in total. The fourth-order valence-electron chi connectivity index (χ4n) is 18.5. The number of benzene rings is 18. The van der Waals surface area contributed by atoms with Crippen molar-refractivity contribution in [3.63, 3.8) is 0 Å². The van der Waals surface area contributed by atoms with Gasteiger partial charge < -0.3 is 27.4 Å². The number of para-hydroxylation sites is 9. The van der Waals surface area contributed by atoms with E-state index in [1.807, 2.05) is 0 Å². The Labute approximate surface area is 677 Å². The summed E-state index contributed by atoms with van der Waals surface area (Å²) in [6, 6.07) is 152. The largest absolute Gasteiger partial charge is 0.309 e. The second kappa shape index (κ2) is 28.1. The zero-order chi connectivity index (χ0) is 77.8. The van der Waals surface area contributed by atoms with Gasteiger partial charge in [0.05, 0.1) is 66.2 Å². The summed E-state index contributed by atoms with van der Waals surface area (Å²) in [5.41, 5.74) is 33.1. The molecule has 24 rings (SSSR count). The highest BCUT2D eigenvalue weighted by atomic mass is 15.0. The maximum atomic E-state index is 2.39. The molecule has 24 aromatic rings. The van der Waals surface area contributed by atoms with E-state index < -0.39 is 0 Å². The summed E-state index contributed by atoms with van der Waals surface area (Å²) >= 11 is 0. The van der Waals surface area contributed by atoms with Crippen molar-refractivity contribution < 1.29 is 0 Å². The minimum absolute atomic E-state index is 1.18. The first-order chi connectivity index (χ1) is 57.8. The highest BCUT2D eigenvalue weighted by Crippen LogP contribution is 2.44. The van der Waals surface area contributed by atoms with Crippen LogP contribution in [0.5, 0.6) is 0 Å². The van der Waals surface area contributed by atoms with Crippen molar-refractivity contribution in [2.24, 2.45) is 0 Å². The third-order valence-electron chi connectivity index (χ3n) is 23.9. The van der Waals surface area contributed by atoms with Gasteiger partial charge in [0.25, 0.3) is 0 Å². The molecule has 0 spiro atoms. The number of hydrogen-bond acceptors (Lipinski definition) is 0. The molecule has 6 heteroatoms. The average Bonchev–Trinajstić information content (AvgIpc) is 1.61. The molecule has 0 fully saturated rings. The number of aromatic nitrogens is 6. The van der Waals surface area contributed by atoms with Gasteiger partial charge in [-0.05, 0) is 248 Å². The van der Waals surface area contributed by atoms with E-state index in [0.29, 0.717) is 0 Å². The number of rotatable bonds is 9. The van der Waals surface area contributed by atoms with Crippen LogP contribution in [0.1, 0.15) is 16.7 Å². The van der Waals surface area contributed by atoms with E-state index in [4.69, 9.17) is 0 Å². The molecule has 117 heavy (non-hydrogen) atoms. The third kappa shape index (κ3) is 11.6. The third-order valence-corrected chi connectivity index (χ3v) is 23.9. The summed E-state index contributed by atoms with van der Waals surface area (Å²) in [6.45, 7) is 6.46. The molecule has 0 saturated carbocycles. The Morgan fingerprint density at radius 1 is 0.120 bits per heavy atom. The molecule has 0 radical (unpaired) electrons. The molecule has 0 bridgehead atoms. The standard InChI is InChI=1S/3C37H26N2/c1-25-16-19-35-31(22-25)33-24-27(18-21-37(33)39(35)29-12-6-3-7-13-29)26-17-20-36-32(23-26)30-14-8-9-15-34(30)38(36)28-10-4-2-5-11-28;1-25-10-9-13-29(22-25)39-35-17-8-6-15-31(35)33-24-27(19-21-37(33)39)26-18-20-36-32(23-26)30-14-5-7-16-34(30)38(36)28-11-3-2-4-12-28;1-25-15-19-29(20-16-25)39-35-14-8-6-12-31(35)33-24-27(18-22-37(33)39)26-17-21-36-32(23-26)30-11-5-7-13-34(30)38(36)28-9-3-2-4-10-28/h3*2-24H,1H3. The van der Waals surface area contributed by atoms with Gasteiger partial charge >= 0.3 is 0 Å². The summed E-state index contributed by atoms with van der Waals surface area (Å²) < 4.78 is 14.3. The van der Waals surface area contributed by atoms with E-state index in [0.717, 1.165) is 0 Å². The normalized spacial score (nSPS) is 11.7. The van der Waals surface area contributed by atoms with Crippen LogP contribution in [0.4, 0.5) is 0 Å². The molecule has 6 heterocycles. The molecule has 552 valence electrons. The van der Waals surface area contributed by atoms with E-state index in [2.05, 4.69) is 467 Å². The number of hydrogen-bond donors (Lipinski definition) is 0. The SMILES string of the molecule is Cc1ccc(-n2c3ccccc3c3cc(-c4ccc5c(c4)c4ccccc4n5-c4ccccc4)ccc32)cc1.Cc1ccc2c(c1)c1cc(-c3ccc4c(c3)c3ccccc3n4-c3ccccc3)ccc1n2-c1ccccc1.Cc1cccc(-n2c3ccccc3c3cc(-c4ccc5c(c4)c4ccccc4n5-c4ccccc4)ccc32)c1. The number of nitrogens with zero attached hydrogens (tertiary/aromatic N) is 6. The van der Waals surface area contributed by atoms with Crippen molar-refractivity contribution in [3.05, 3.63) is 435 Å². The number of aryl methyl sites for hydroxylation is 3. The van der Waals surface area contributed by atoms with Gasteiger partial charge in [-0.25, -0.2) is 0 Å². The Hall–Kier alpha value is -15.2. The van der Waals surface area contributed by atoms with Crippen molar-refractivity contribution >= 4 is 131 Å². The molecule has 6 aromatic heterocycles. The Morgan fingerprint density at radius 2 is 0.316 bits per heavy atom. The highest BCUT2D eigenvalue weighted by Gasteiger charge is 2.22. The minimum atomic E-state index is 1.18. The van der Waals surface area contributed by atoms with Gasteiger partial charge in [-0.1, -0.05) is 242 Å². The van der Waals surface area contributed by atoms with Gasteiger partial charge in [0.2, 0.25) is 0 Å². The van der Waals surface area contributed by atoms with Gasteiger partial charge in [0, 0.05) is 98.8 Å². The predicted molar refractivity (Wildman–Crippen MR) is 496 cm³/mol. The van der Waals surface area contributed by atoms with Gasteiger partial charge in [0.1, 0.15) is 0 Å². The van der Waals surface area contributed by atoms with E-state index >= 15 is 0 Å². The fourth-order valence-corrected chi connectivity index (χ4v) is 18.5. The van der Waals surface area contributed by atoms with Crippen LogP contribution in [0.25, 0.3) is 198 Å². The maximum absolute atomic E-state index is 2.39. The quantitative estimate of drug-likeness (QED) is 0.138. The second-order valence-electron chi connectivity index (χ2n) is 31.0. The van der Waals surface area contributed by atoms with Crippen LogP contribution >= 0.6 is 0 Å². The highest BCUT2D eigenvalue weighted by molar-refractivity contribution is 6.17. The molecular weight excluding hydrogens is 1420 g/mol. The fraction of sp³-hybridized carbons (Fsp3) is 0.0270. The van der Waals surface area contributed by atoms with Gasteiger partial charge in [-0.15, -0.1) is 0 Å². The Morgan fingerprint density at radius 3 is 0.598 bits per heavy atom. The van der Waals surface area contributed by atoms with Crippen molar-refractivity contribution in [3.8, 4) is 67.5 Å². The zero-order valence-corrected chi connectivity index (χ0v) is 65.0. The van der Waals surface area contributed by atoms with E-state index in [1.165, 1.54) is 215 Å². The van der Waals surface area contributed by atoms with Crippen molar-refractivity contribution in [1.29, 1.82) is 0 Å². The first kappa shape index (κ1) is 68.6. The maximum Gasteiger partial charge on any atom is 0.0541 e. The molecule has 18 aromatic carbocycles. The van der Waals surface area contributed by atoms with Crippen LogP contribution in [0.2, 0.25) is 0 Å². The molecule has 6 nitrogen and oxygen atoms in total. The summed E-state index contributed by atoms with van der Waals surface area (Å²) in [7, 11) is 0. The van der Waals surface area contributed by atoms with Crippen LogP contribution in [0, 0.1) is 20.8 Å². The molecule has 0 aliphatic carbocycles. The Bertz CT molecular complexity index is 8010. The van der Waals surface area contributed by atoms with Gasteiger partial charge in [-0.3, -0.25) is 0 Å². The van der Waals surface area contributed by atoms with Crippen molar-refractivity contribution in [1.82, 2.24) is 27.4 Å². The summed E-state index contributed by atoms with van der Waals surface area (Å²) in [4.78, 5) is 0. The van der Waals surface area contributed by atoms with Crippen molar-refractivity contribution in [2.45, 2.75) is 20.8 Å². The lowest BCUT2D eigenvalue weighted by Gasteiger charge is -2.10. The molecular formula is C111H78N6. The van der Waals surface area contributed by atoms with Crippen molar-refractivity contribution in [2.75, 3.05) is 0 Å². The van der Waals surface area contributed by atoms with E-state index in [-0.39, 0.29) is 0 Å². The van der Waals surface area contributed by atoms with Gasteiger partial charge in [0.15, 0.2) is 0 Å². The van der Waals surface area contributed by atoms with Crippen LogP contribution in [0.15, 0.2) is 419 Å². The smallest absolute Gasteiger partial charge is 0.0541 e. The minimum Gasteiger partial charge on any atom is -0.309 e. The lowest BCUT2D eigenvalue weighted by molar-refractivity contribution is 1.17. The number of fused-ring (bicyclic) bond motifs is 18. The van der Waals surface area contributed by atoms with Gasteiger partial charge in [-0.2, -0.15) is 0 Å². The van der Waals surface area contributed by atoms with E-state index in [9.17, 15) is 0 Å². The van der Waals surface area contributed by atoms with Crippen LogP contribution in [-0.2, 0) is 0 Å². The topological polar surface area (TPSA) is 29.6 Å². The van der Waals surface area contributed by atoms with Crippen LogP contribution < -0.4 is 0 Å². The molecule has 0 unspecified atom stereocenters. The zero-order valence-electron chi connectivity index (χ0n) is 65.0. The second-order valence-corrected chi connectivity index (χ2v) is 31.0. The predicted octanol–water partition coefficient (Wildman–Crippen LogP) is 29.6.